The molecular weight excluding hydrogens is 326 g/mol. The molecule has 21 heavy (non-hydrogen) atoms. The molecule has 2 aromatic carbocycles. The summed E-state index contributed by atoms with van der Waals surface area (Å²) in [6, 6.07) is 13.2. The third kappa shape index (κ3) is 2.85. The van der Waals surface area contributed by atoms with Gasteiger partial charge >= 0.3 is 0 Å². The predicted octanol–water partition coefficient (Wildman–Crippen LogP) is 4.39. The molecule has 3 rings (SSSR count). The second-order valence-corrected chi connectivity index (χ2v) is 6.60. The first-order valence-corrected chi connectivity index (χ1v) is 8.10. The fraction of sp³-hybridized carbons (Fsp3) is 0.333. The van der Waals surface area contributed by atoms with Gasteiger partial charge in [-0.25, -0.2) is 0 Å². The molecule has 2 atom stereocenters. The van der Waals surface area contributed by atoms with E-state index in [9.17, 15) is 0 Å². The number of benzene rings is 2. The zero-order valence-electron chi connectivity index (χ0n) is 12.6. The molecule has 0 spiro atoms. The van der Waals surface area contributed by atoms with Crippen molar-refractivity contribution < 1.29 is 4.74 Å². The number of aryl methyl sites for hydroxylation is 1. The van der Waals surface area contributed by atoms with Crippen LogP contribution >= 0.6 is 15.9 Å². The minimum Gasteiger partial charge on any atom is -0.490 e. The Kier molecular flexibility index (Phi) is 4.05. The van der Waals surface area contributed by atoms with Crippen LogP contribution in [0.1, 0.15) is 35.2 Å². The van der Waals surface area contributed by atoms with Gasteiger partial charge in [-0.05, 0) is 55.3 Å². The van der Waals surface area contributed by atoms with E-state index in [1.807, 2.05) is 7.05 Å². The van der Waals surface area contributed by atoms with E-state index >= 15 is 0 Å². The van der Waals surface area contributed by atoms with Crippen LogP contribution < -0.4 is 10.1 Å². The predicted molar refractivity (Wildman–Crippen MR) is 90.0 cm³/mol. The standard InChI is InChI=1S/C18H20BrNO/c1-11-4-6-15(16(19)8-11)18(20-3)13-5-7-17-14(10-13)9-12(2)21-17/h4-8,10,12,18,20H,9H2,1-3H3. The maximum atomic E-state index is 5.79. The maximum Gasteiger partial charge on any atom is 0.123 e. The Morgan fingerprint density at radius 3 is 2.76 bits per heavy atom. The van der Waals surface area contributed by atoms with Crippen LogP contribution in [0.5, 0.6) is 5.75 Å². The van der Waals surface area contributed by atoms with Gasteiger partial charge in [-0.1, -0.05) is 40.2 Å². The van der Waals surface area contributed by atoms with Crippen LogP contribution in [0.3, 0.4) is 0 Å². The Balaban J connectivity index is 1.99. The van der Waals surface area contributed by atoms with Crippen molar-refractivity contribution in [3.05, 3.63) is 63.1 Å². The summed E-state index contributed by atoms with van der Waals surface area (Å²) in [6.07, 6.45) is 1.28. The van der Waals surface area contributed by atoms with Gasteiger partial charge in [0.15, 0.2) is 0 Å². The van der Waals surface area contributed by atoms with Crippen molar-refractivity contribution in [1.82, 2.24) is 5.32 Å². The Labute approximate surface area is 134 Å². The molecule has 1 heterocycles. The molecule has 1 N–H and O–H groups in total. The van der Waals surface area contributed by atoms with Crippen molar-refractivity contribution in [2.45, 2.75) is 32.4 Å². The van der Waals surface area contributed by atoms with Crippen LogP contribution in [-0.2, 0) is 6.42 Å². The minimum atomic E-state index is 0.182. The summed E-state index contributed by atoms with van der Waals surface area (Å²) in [6.45, 7) is 4.23. The van der Waals surface area contributed by atoms with Crippen molar-refractivity contribution >= 4 is 15.9 Å². The molecule has 0 radical (unpaired) electrons. The highest BCUT2D eigenvalue weighted by Gasteiger charge is 2.22. The van der Waals surface area contributed by atoms with Crippen molar-refractivity contribution in [1.29, 1.82) is 0 Å². The summed E-state index contributed by atoms with van der Waals surface area (Å²) in [4.78, 5) is 0. The van der Waals surface area contributed by atoms with E-state index in [0.717, 1.165) is 16.6 Å². The lowest BCUT2D eigenvalue weighted by molar-refractivity contribution is 0.254. The van der Waals surface area contributed by atoms with Gasteiger partial charge in [0, 0.05) is 10.9 Å². The highest BCUT2D eigenvalue weighted by atomic mass is 79.9. The molecule has 2 nitrogen and oxygen atoms in total. The van der Waals surface area contributed by atoms with Gasteiger partial charge in [-0.15, -0.1) is 0 Å². The molecule has 3 heteroatoms. The number of hydrogen-bond donors (Lipinski definition) is 1. The van der Waals surface area contributed by atoms with Gasteiger partial charge < -0.3 is 10.1 Å². The monoisotopic (exact) mass is 345 g/mol. The van der Waals surface area contributed by atoms with E-state index in [-0.39, 0.29) is 12.1 Å². The third-order valence-corrected chi connectivity index (χ3v) is 4.70. The SMILES string of the molecule is CNC(c1ccc2c(c1)CC(C)O2)c1ccc(C)cc1Br. The molecule has 0 saturated carbocycles. The fourth-order valence-corrected chi connectivity index (χ4v) is 3.71. The average Bonchev–Trinajstić information content (AvgIpc) is 2.81. The second-order valence-electron chi connectivity index (χ2n) is 5.75. The van der Waals surface area contributed by atoms with Crippen LogP contribution in [0.2, 0.25) is 0 Å². The second kappa shape index (κ2) is 5.82. The highest BCUT2D eigenvalue weighted by Crippen LogP contribution is 2.34. The Morgan fingerprint density at radius 1 is 1.24 bits per heavy atom. The minimum absolute atomic E-state index is 0.182. The van der Waals surface area contributed by atoms with Crippen LogP contribution in [-0.4, -0.2) is 13.2 Å². The molecule has 0 bridgehead atoms. The van der Waals surface area contributed by atoms with Gasteiger partial charge in [-0.2, -0.15) is 0 Å². The number of fused-ring (bicyclic) bond motifs is 1. The highest BCUT2D eigenvalue weighted by molar-refractivity contribution is 9.10. The smallest absolute Gasteiger partial charge is 0.123 e. The summed E-state index contributed by atoms with van der Waals surface area (Å²) in [5, 5.41) is 3.43. The van der Waals surface area contributed by atoms with E-state index in [1.54, 1.807) is 0 Å². The molecule has 0 saturated heterocycles. The van der Waals surface area contributed by atoms with Gasteiger partial charge in [0.2, 0.25) is 0 Å². The van der Waals surface area contributed by atoms with Crippen LogP contribution in [0, 0.1) is 6.92 Å². The van der Waals surface area contributed by atoms with Crippen molar-refractivity contribution in [2.24, 2.45) is 0 Å². The number of nitrogens with one attached hydrogen (secondary N) is 1. The molecule has 2 aromatic rings. The summed E-state index contributed by atoms with van der Waals surface area (Å²) in [5.41, 5.74) is 5.11. The quantitative estimate of drug-likeness (QED) is 0.890. The molecule has 0 aliphatic carbocycles. The zero-order chi connectivity index (χ0) is 15.0. The lowest BCUT2D eigenvalue weighted by atomic mass is 9.95. The van der Waals surface area contributed by atoms with Gasteiger partial charge in [0.05, 0.1) is 6.04 Å². The van der Waals surface area contributed by atoms with E-state index in [2.05, 4.69) is 71.5 Å². The molecule has 1 aliphatic rings. The normalized spacial score (nSPS) is 18.2. The Hall–Kier alpha value is -1.32. The number of hydrogen-bond acceptors (Lipinski definition) is 2. The molecule has 110 valence electrons. The van der Waals surface area contributed by atoms with Gasteiger partial charge in [0.25, 0.3) is 0 Å². The number of rotatable bonds is 3. The molecule has 1 aliphatic heterocycles. The van der Waals surface area contributed by atoms with Crippen molar-refractivity contribution in [3.8, 4) is 5.75 Å². The van der Waals surface area contributed by atoms with Crippen LogP contribution in [0.4, 0.5) is 0 Å². The van der Waals surface area contributed by atoms with E-state index in [1.165, 1.54) is 22.3 Å². The van der Waals surface area contributed by atoms with Crippen molar-refractivity contribution in [2.75, 3.05) is 7.05 Å². The third-order valence-electron chi connectivity index (χ3n) is 4.01. The summed E-state index contributed by atoms with van der Waals surface area (Å²) < 4.78 is 6.94. The number of halogens is 1. The van der Waals surface area contributed by atoms with Gasteiger partial charge in [-0.3, -0.25) is 0 Å². The topological polar surface area (TPSA) is 21.3 Å². The summed E-state index contributed by atoms with van der Waals surface area (Å²) in [7, 11) is 2.00. The molecular formula is C18H20BrNO. The molecule has 0 fully saturated rings. The lowest BCUT2D eigenvalue weighted by Crippen LogP contribution is -2.18. The van der Waals surface area contributed by atoms with E-state index < -0.39 is 0 Å². The van der Waals surface area contributed by atoms with Crippen LogP contribution in [0.25, 0.3) is 0 Å². The average molecular weight is 346 g/mol. The van der Waals surface area contributed by atoms with E-state index in [4.69, 9.17) is 4.74 Å². The first-order chi connectivity index (χ1) is 10.1. The lowest BCUT2D eigenvalue weighted by Gasteiger charge is -2.20. The molecule has 0 aromatic heterocycles. The van der Waals surface area contributed by atoms with Crippen molar-refractivity contribution in [3.63, 3.8) is 0 Å². The zero-order valence-corrected chi connectivity index (χ0v) is 14.2. The molecule has 0 amide bonds. The fourth-order valence-electron chi connectivity index (χ4n) is 2.99. The number of ether oxygens (including phenoxy) is 1. The first-order valence-electron chi connectivity index (χ1n) is 7.31. The Morgan fingerprint density at radius 2 is 2.05 bits per heavy atom. The Bertz CT molecular complexity index is 668. The van der Waals surface area contributed by atoms with E-state index in [0.29, 0.717) is 0 Å². The first kappa shape index (κ1) is 14.6. The van der Waals surface area contributed by atoms with Crippen LogP contribution in [0.15, 0.2) is 40.9 Å². The maximum absolute atomic E-state index is 5.79. The largest absolute Gasteiger partial charge is 0.490 e. The molecule has 2 unspecified atom stereocenters. The van der Waals surface area contributed by atoms with Gasteiger partial charge in [0.1, 0.15) is 11.9 Å². The summed E-state index contributed by atoms with van der Waals surface area (Å²) in [5.74, 6) is 1.03. The summed E-state index contributed by atoms with van der Waals surface area (Å²) >= 11 is 3.69.